The van der Waals surface area contributed by atoms with E-state index in [-0.39, 0.29) is 42.8 Å². The van der Waals surface area contributed by atoms with Gasteiger partial charge in [0.05, 0.1) is 13.2 Å². The molecule has 0 aliphatic carbocycles. The third-order valence-electron chi connectivity index (χ3n) is 0.612. The fourth-order valence-electron chi connectivity index (χ4n) is 0.272. The van der Waals surface area contributed by atoms with Gasteiger partial charge in [0.15, 0.2) is 0 Å². The van der Waals surface area contributed by atoms with Crippen LogP contribution in [0.4, 0.5) is 0 Å². The van der Waals surface area contributed by atoms with Gasteiger partial charge in [-0.3, -0.25) is 0 Å². The molecule has 0 atom stereocenters. The second-order valence-electron chi connectivity index (χ2n) is 1.64. The Morgan fingerprint density at radius 3 is 1.57 bits per heavy atom. The summed E-state index contributed by atoms with van der Waals surface area (Å²) in [5, 5.41) is 16.3. The summed E-state index contributed by atoms with van der Waals surface area (Å²) >= 11 is 0. The van der Waals surface area contributed by atoms with Gasteiger partial charge in [-0.15, -0.1) is 0 Å². The molecule has 0 spiro atoms. The minimum absolute atomic E-state index is 0. The number of rotatable bonds is 8. The van der Waals surface area contributed by atoms with Crippen LogP contribution >= 0.6 is 0 Å². The monoisotopic (exact) mass is 242 g/mol. The van der Waals surface area contributed by atoms with Gasteiger partial charge in [-0.2, -0.15) is 8.42 Å². The van der Waals surface area contributed by atoms with Crippen LogP contribution in [0.2, 0.25) is 0 Å². The summed E-state index contributed by atoms with van der Waals surface area (Å²) < 4.78 is 28.4. The van der Waals surface area contributed by atoms with E-state index in [1.165, 1.54) is 0 Å². The van der Waals surface area contributed by atoms with E-state index < -0.39 is 23.6 Å². The number of aliphatic hydroxyl groups is 2. The molecule has 0 heterocycles. The van der Waals surface area contributed by atoms with Gasteiger partial charge in [-0.1, -0.05) is 8.67 Å². The van der Waals surface area contributed by atoms with Gasteiger partial charge in [-0.05, 0) is 0 Å². The van der Waals surface area contributed by atoms with Crippen molar-refractivity contribution < 1.29 is 37.1 Å². The van der Waals surface area contributed by atoms with Gasteiger partial charge in [0, 0.05) is 0 Å². The van der Waals surface area contributed by atoms with Crippen molar-refractivity contribution in [3.63, 3.8) is 0 Å². The molecule has 0 bridgehead atoms. The SMILES string of the molecule is O=S(=O)(OOCCO)OOCCO.[NaH]. The van der Waals surface area contributed by atoms with Crippen molar-refractivity contribution in [1.29, 1.82) is 0 Å². The van der Waals surface area contributed by atoms with Crippen LogP contribution in [0.3, 0.4) is 0 Å². The van der Waals surface area contributed by atoms with E-state index in [9.17, 15) is 8.42 Å². The van der Waals surface area contributed by atoms with E-state index in [2.05, 4.69) is 18.4 Å². The zero-order chi connectivity index (χ0) is 10.2. The van der Waals surface area contributed by atoms with Gasteiger partial charge in [0.1, 0.15) is 13.2 Å². The van der Waals surface area contributed by atoms with Crippen molar-refractivity contribution in [2.75, 3.05) is 26.4 Å². The average molecular weight is 242 g/mol. The zero-order valence-electron chi connectivity index (χ0n) is 6.58. The number of aliphatic hydroxyl groups excluding tert-OH is 2. The predicted octanol–water partition coefficient (Wildman–Crippen LogP) is -2.54. The summed E-state index contributed by atoms with van der Waals surface area (Å²) in [7, 11) is -4.39. The summed E-state index contributed by atoms with van der Waals surface area (Å²) in [5.41, 5.74) is 0. The molecular formula is C4H11NaO8S. The molecule has 0 saturated heterocycles. The van der Waals surface area contributed by atoms with Gasteiger partial charge >= 0.3 is 40.0 Å². The van der Waals surface area contributed by atoms with Crippen LogP contribution in [-0.4, -0.2) is 74.6 Å². The molecule has 0 saturated carbocycles. The minimum atomic E-state index is -4.39. The maximum absolute atomic E-state index is 10.5. The van der Waals surface area contributed by atoms with Crippen LogP contribution in [0.1, 0.15) is 0 Å². The summed E-state index contributed by atoms with van der Waals surface area (Å²) in [6.07, 6.45) is 0. The molecule has 82 valence electrons. The summed E-state index contributed by atoms with van der Waals surface area (Å²) in [5.74, 6) is 0. The first-order valence-corrected chi connectivity index (χ1v) is 4.54. The van der Waals surface area contributed by atoms with Gasteiger partial charge in [0.2, 0.25) is 0 Å². The van der Waals surface area contributed by atoms with Crippen LogP contribution < -0.4 is 0 Å². The van der Waals surface area contributed by atoms with Crippen molar-refractivity contribution in [2.45, 2.75) is 0 Å². The molecule has 0 unspecified atom stereocenters. The number of hydrogen-bond acceptors (Lipinski definition) is 8. The van der Waals surface area contributed by atoms with Crippen LogP contribution in [0.25, 0.3) is 0 Å². The molecule has 0 radical (unpaired) electrons. The van der Waals surface area contributed by atoms with Crippen molar-refractivity contribution in [3.05, 3.63) is 0 Å². The molecule has 0 aromatic carbocycles. The Balaban J connectivity index is 0. The first kappa shape index (κ1) is 17.1. The average Bonchev–Trinajstić information content (AvgIpc) is 2.05. The molecule has 0 aliphatic rings. The van der Waals surface area contributed by atoms with Crippen LogP contribution in [-0.2, 0) is 28.8 Å². The third-order valence-corrected chi connectivity index (χ3v) is 1.14. The van der Waals surface area contributed by atoms with Gasteiger partial charge < -0.3 is 10.2 Å². The van der Waals surface area contributed by atoms with E-state index in [1.807, 2.05) is 0 Å². The van der Waals surface area contributed by atoms with Crippen LogP contribution in [0, 0.1) is 0 Å². The first-order valence-electron chi connectivity index (χ1n) is 3.21. The van der Waals surface area contributed by atoms with Crippen molar-refractivity contribution in [3.8, 4) is 0 Å². The van der Waals surface area contributed by atoms with Crippen LogP contribution in [0.15, 0.2) is 0 Å². The molecule has 0 amide bonds. The summed E-state index contributed by atoms with van der Waals surface area (Å²) in [6.45, 7) is -1.43. The zero-order valence-corrected chi connectivity index (χ0v) is 7.40. The normalized spacial score (nSPS) is 11.0. The Hall–Kier alpha value is 0.710. The molecule has 2 N–H and O–H groups in total. The Kier molecular flexibility index (Phi) is 12.5. The Labute approximate surface area is 103 Å². The molecule has 0 aromatic heterocycles. The van der Waals surface area contributed by atoms with E-state index in [1.54, 1.807) is 0 Å². The van der Waals surface area contributed by atoms with Gasteiger partial charge in [0.25, 0.3) is 0 Å². The second kappa shape index (κ2) is 10.2. The fourth-order valence-corrected chi connectivity index (χ4v) is 0.666. The summed E-state index contributed by atoms with van der Waals surface area (Å²) in [6, 6.07) is 0. The predicted molar refractivity (Wildman–Crippen MR) is 44.3 cm³/mol. The van der Waals surface area contributed by atoms with E-state index >= 15 is 0 Å². The van der Waals surface area contributed by atoms with E-state index in [4.69, 9.17) is 10.2 Å². The maximum atomic E-state index is 10.5. The number of hydrogen-bond donors (Lipinski definition) is 2. The molecule has 0 rings (SSSR count). The molecular weight excluding hydrogens is 231 g/mol. The first-order chi connectivity index (χ1) is 6.12. The Morgan fingerprint density at radius 2 is 1.29 bits per heavy atom. The molecule has 0 aliphatic heterocycles. The van der Waals surface area contributed by atoms with Crippen molar-refractivity contribution >= 4 is 40.0 Å². The second-order valence-corrected chi connectivity index (χ2v) is 2.72. The fraction of sp³-hybridized carbons (Fsp3) is 1.00. The van der Waals surface area contributed by atoms with Gasteiger partial charge in [-0.25, -0.2) is 9.78 Å². The topological polar surface area (TPSA) is 112 Å². The Bertz CT molecular complexity index is 187. The van der Waals surface area contributed by atoms with Crippen molar-refractivity contribution in [2.24, 2.45) is 0 Å². The summed E-state index contributed by atoms with van der Waals surface area (Å²) in [4.78, 5) is 7.95. The molecule has 8 nitrogen and oxygen atoms in total. The molecule has 14 heavy (non-hydrogen) atoms. The Morgan fingerprint density at radius 1 is 0.929 bits per heavy atom. The van der Waals surface area contributed by atoms with Crippen LogP contribution in [0.5, 0.6) is 0 Å². The van der Waals surface area contributed by atoms with E-state index in [0.29, 0.717) is 0 Å². The van der Waals surface area contributed by atoms with E-state index in [0.717, 1.165) is 0 Å². The molecule has 0 fully saturated rings. The molecule has 0 aromatic rings. The quantitative estimate of drug-likeness (QED) is 0.207. The standard InChI is InChI=1S/C4H10O8S.Na.H/c5-1-3-9-11-13(7,8)12-10-4-2-6;;/h5-6H,1-4H2;;. The third kappa shape index (κ3) is 10.8. The molecule has 10 heteroatoms. The van der Waals surface area contributed by atoms with Crippen molar-refractivity contribution in [1.82, 2.24) is 0 Å².